The van der Waals surface area contributed by atoms with Gasteiger partial charge >= 0.3 is 0 Å². The Morgan fingerprint density at radius 3 is 3.00 bits per heavy atom. The summed E-state index contributed by atoms with van der Waals surface area (Å²) in [6, 6.07) is 3.63. The van der Waals surface area contributed by atoms with Gasteiger partial charge in [-0.25, -0.2) is 0 Å². The van der Waals surface area contributed by atoms with E-state index in [1.54, 1.807) is 24.1 Å². The van der Waals surface area contributed by atoms with E-state index in [1.807, 2.05) is 13.0 Å². The Morgan fingerprint density at radius 2 is 2.30 bits per heavy atom. The third-order valence-corrected chi connectivity index (χ3v) is 5.44. The SMILES string of the molecule is CCSc1nnc(SC(C)C(=O)NCc2ccco2)s1. The van der Waals surface area contributed by atoms with Crippen LogP contribution in [0.1, 0.15) is 19.6 Å². The van der Waals surface area contributed by atoms with Crippen molar-refractivity contribution in [3.63, 3.8) is 0 Å². The lowest BCUT2D eigenvalue weighted by atomic mass is 10.4. The lowest BCUT2D eigenvalue weighted by Gasteiger charge is -2.08. The molecule has 1 amide bonds. The van der Waals surface area contributed by atoms with Crippen molar-refractivity contribution in [1.82, 2.24) is 15.5 Å². The minimum atomic E-state index is -0.211. The number of hydrogen-bond acceptors (Lipinski definition) is 7. The highest BCUT2D eigenvalue weighted by Gasteiger charge is 2.17. The Balaban J connectivity index is 1.80. The third-order valence-electron chi connectivity index (χ3n) is 2.32. The van der Waals surface area contributed by atoms with Crippen LogP contribution in [0.15, 0.2) is 31.5 Å². The lowest BCUT2D eigenvalue weighted by molar-refractivity contribution is -0.120. The van der Waals surface area contributed by atoms with Gasteiger partial charge in [0.15, 0.2) is 8.68 Å². The van der Waals surface area contributed by atoms with Crippen molar-refractivity contribution >= 4 is 40.8 Å². The van der Waals surface area contributed by atoms with Gasteiger partial charge in [-0.15, -0.1) is 10.2 Å². The third kappa shape index (κ3) is 4.53. The smallest absolute Gasteiger partial charge is 0.233 e. The van der Waals surface area contributed by atoms with Gasteiger partial charge in [0.05, 0.1) is 18.1 Å². The molecule has 108 valence electrons. The summed E-state index contributed by atoms with van der Waals surface area (Å²) in [6.07, 6.45) is 1.59. The summed E-state index contributed by atoms with van der Waals surface area (Å²) >= 11 is 4.61. The molecule has 2 rings (SSSR count). The van der Waals surface area contributed by atoms with E-state index in [9.17, 15) is 4.79 Å². The van der Waals surface area contributed by atoms with Crippen LogP contribution in [0, 0.1) is 0 Å². The number of rotatable bonds is 7. The molecule has 2 aromatic heterocycles. The Labute approximate surface area is 129 Å². The summed E-state index contributed by atoms with van der Waals surface area (Å²) in [4.78, 5) is 12.0. The van der Waals surface area contributed by atoms with Crippen molar-refractivity contribution in [1.29, 1.82) is 0 Å². The van der Waals surface area contributed by atoms with Crippen LogP contribution in [0.5, 0.6) is 0 Å². The molecule has 0 radical (unpaired) electrons. The number of carbonyl (C=O) groups excluding carboxylic acids is 1. The van der Waals surface area contributed by atoms with Gasteiger partial charge in [0.25, 0.3) is 0 Å². The number of hydrogen-bond donors (Lipinski definition) is 1. The van der Waals surface area contributed by atoms with Crippen LogP contribution in [-0.4, -0.2) is 27.1 Å². The van der Waals surface area contributed by atoms with Crippen molar-refractivity contribution in [3.8, 4) is 0 Å². The minimum absolute atomic E-state index is 0.0358. The zero-order valence-corrected chi connectivity index (χ0v) is 13.6. The number of nitrogens with zero attached hydrogens (tertiary/aromatic N) is 2. The first-order valence-electron chi connectivity index (χ1n) is 6.12. The summed E-state index contributed by atoms with van der Waals surface area (Å²) in [5.74, 6) is 1.68. The van der Waals surface area contributed by atoms with E-state index in [-0.39, 0.29) is 11.2 Å². The van der Waals surface area contributed by atoms with Crippen LogP contribution in [0.25, 0.3) is 0 Å². The summed E-state index contributed by atoms with van der Waals surface area (Å²) in [6.45, 7) is 4.34. The molecule has 1 unspecified atom stereocenters. The monoisotopic (exact) mass is 329 g/mol. The summed E-state index contributed by atoms with van der Waals surface area (Å²) < 4.78 is 6.93. The molecule has 8 heteroatoms. The van der Waals surface area contributed by atoms with E-state index >= 15 is 0 Å². The van der Waals surface area contributed by atoms with E-state index in [1.165, 1.54) is 23.1 Å². The predicted molar refractivity (Wildman–Crippen MR) is 82.2 cm³/mol. The quantitative estimate of drug-likeness (QED) is 0.788. The Morgan fingerprint density at radius 1 is 1.50 bits per heavy atom. The molecule has 2 heterocycles. The van der Waals surface area contributed by atoms with E-state index in [0.717, 1.165) is 20.2 Å². The van der Waals surface area contributed by atoms with Gasteiger partial charge in [-0.2, -0.15) is 0 Å². The van der Waals surface area contributed by atoms with Crippen molar-refractivity contribution in [2.45, 2.75) is 34.3 Å². The zero-order valence-electron chi connectivity index (χ0n) is 11.2. The second-order valence-electron chi connectivity index (χ2n) is 3.82. The molecule has 0 aliphatic heterocycles. The number of furan rings is 1. The van der Waals surface area contributed by atoms with Crippen LogP contribution >= 0.6 is 34.9 Å². The van der Waals surface area contributed by atoms with E-state index < -0.39 is 0 Å². The predicted octanol–water partition coefficient (Wildman–Crippen LogP) is 3.04. The molecule has 1 N–H and O–H groups in total. The van der Waals surface area contributed by atoms with Crippen molar-refractivity contribution < 1.29 is 9.21 Å². The molecule has 2 aromatic rings. The van der Waals surface area contributed by atoms with Gasteiger partial charge in [-0.05, 0) is 24.8 Å². The molecule has 0 aliphatic carbocycles. The fraction of sp³-hybridized carbons (Fsp3) is 0.417. The first-order valence-corrected chi connectivity index (χ1v) is 8.80. The van der Waals surface area contributed by atoms with Crippen LogP contribution in [0.3, 0.4) is 0 Å². The van der Waals surface area contributed by atoms with Gasteiger partial charge in [-0.3, -0.25) is 4.79 Å². The average Bonchev–Trinajstić information content (AvgIpc) is 3.08. The first kappa shape index (κ1) is 15.4. The van der Waals surface area contributed by atoms with Crippen molar-refractivity contribution in [2.24, 2.45) is 0 Å². The molecule has 20 heavy (non-hydrogen) atoms. The molecular weight excluding hydrogens is 314 g/mol. The maximum Gasteiger partial charge on any atom is 0.233 e. The molecule has 0 spiro atoms. The fourth-order valence-electron chi connectivity index (χ4n) is 1.36. The average molecular weight is 329 g/mol. The molecule has 0 fully saturated rings. The van der Waals surface area contributed by atoms with Crippen LogP contribution in [0.2, 0.25) is 0 Å². The number of carbonyl (C=O) groups is 1. The van der Waals surface area contributed by atoms with Crippen LogP contribution in [0.4, 0.5) is 0 Å². The summed E-state index contributed by atoms with van der Waals surface area (Å²) in [5.41, 5.74) is 0. The summed E-state index contributed by atoms with van der Waals surface area (Å²) in [5, 5.41) is 10.8. The Hall–Kier alpha value is -0.990. The molecule has 0 bridgehead atoms. The molecule has 0 aromatic carbocycles. The maximum atomic E-state index is 12.0. The highest BCUT2D eigenvalue weighted by atomic mass is 32.2. The number of amides is 1. The highest BCUT2D eigenvalue weighted by molar-refractivity contribution is 8.03. The molecule has 0 saturated carbocycles. The van der Waals surface area contributed by atoms with Crippen molar-refractivity contribution in [3.05, 3.63) is 24.2 Å². The van der Waals surface area contributed by atoms with Crippen molar-refractivity contribution in [2.75, 3.05) is 5.75 Å². The molecule has 0 saturated heterocycles. The second-order valence-corrected chi connectivity index (χ2v) is 7.90. The topological polar surface area (TPSA) is 68.0 Å². The van der Waals surface area contributed by atoms with E-state index in [0.29, 0.717) is 6.54 Å². The maximum absolute atomic E-state index is 12.0. The molecule has 0 aliphatic rings. The fourth-order valence-corrected chi connectivity index (χ4v) is 4.45. The van der Waals surface area contributed by atoms with Gasteiger partial charge in [0.1, 0.15) is 5.76 Å². The Bertz CT molecular complexity index is 542. The molecule has 1 atom stereocenters. The first-order chi connectivity index (χ1) is 9.69. The normalized spacial score (nSPS) is 12.3. The van der Waals surface area contributed by atoms with Gasteiger partial charge in [0.2, 0.25) is 5.91 Å². The van der Waals surface area contributed by atoms with Crippen LogP contribution < -0.4 is 5.32 Å². The van der Waals surface area contributed by atoms with Gasteiger partial charge in [0, 0.05) is 0 Å². The van der Waals surface area contributed by atoms with Crippen LogP contribution in [-0.2, 0) is 11.3 Å². The highest BCUT2D eigenvalue weighted by Crippen LogP contribution is 2.30. The van der Waals surface area contributed by atoms with E-state index in [4.69, 9.17) is 4.42 Å². The number of thioether (sulfide) groups is 2. The zero-order chi connectivity index (χ0) is 14.4. The van der Waals surface area contributed by atoms with Gasteiger partial charge < -0.3 is 9.73 Å². The van der Waals surface area contributed by atoms with Gasteiger partial charge in [-0.1, -0.05) is 41.8 Å². The number of nitrogens with one attached hydrogen (secondary N) is 1. The summed E-state index contributed by atoms with van der Waals surface area (Å²) in [7, 11) is 0. The Kier molecular flexibility index (Phi) is 5.93. The standard InChI is InChI=1S/C12H15N3O2S3/c1-3-18-11-14-15-12(20-11)19-8(2)10(16)13-7-9-5-4-6-17-9/h4-6,8H,3,7H2,1-2H3,(H,13,16). The lowest BCUT2D eigenvalue weighted by Crippen LogP contribution is -2.30. The van der Waals surface area contributed by atoms with E-state index in [2.05, 4.69) is 22.4 Å². The number of aromatic nitrogens is 2. The largest absolute Gasteiger partial charge is 0.467 e. The molecule has 5 nitrogen and oxygen atoms in total. The minimum Gasteiger partial charge on any atom is -0.467 e. The molecular formula is C12H15N3O2S3. The second kappa shape index (κ2) is 7.70.